The number of likely N-dealkylation sites (tertiary alicyclic amines) is 1. The van der Waals surface area contributed by atoms with Crippen LogP contribution in [0.5, 0.6) is 0 Å². The molecule has 4 rings (SSSR count). The molecule has 6 heteroatoms. The van der Waals surface area contributed by atoms with Crippen LogP contribution in [0.3, 0.4) is 0 Å². The first-order chi connectivity index (χ1) is 20.2. The Labute approximate surface area is 271 Å². The highest BCUT2D eigenvalue weighted by atomic mass is 16.5. The first kappa shape index (κ1) is 36.8. The molecule has 1 aromatic carbocycles. The fourth-order valence-corrected chi connectivity index (χ4v) is 5.77. The summed E-state index contributed by atoms with van der Waals surface area (Å²) < 4.78 is 5.49. The van der Waals surface area contributed by atoms with Gasteiger partial charge in [-0.3, -0.25) is 9.59 Å². The molecule has 0 radical (unpaired) electrons. The van der Waals surface area contributed by atoms with Gasteiger partial charge >= 0.3 is 0 Å². The molecule has 1 saturated heterocycles. The summed E-state index contributed by atoms with van der Waals surface area (Å²) in [5.74, 6) is 1.59. The molecule has 2 N–H and O–H groups in total. The van der Waals surface area contributed by atoms with Crippen LogP contribution in [0.2, 0.25) is 0 Å². The molecule has 1 aromatic rings. The van der Waals surface area contributed by atoms with Crippen LogP contribution in [0.15, 0.2) is 84.3 Å². The molecular formula is C38H63N3O3. The van der Waals surface area contributed by atoms with Gasteiger partial charge < -0.3 is 20.3 Å². The van der Waals surface area contributed by atoms with Crippen molar-refractivity contribution >= 4 is 17.5 Å². The second-order valence-corrected chi connectivity index (χ2v) is 13.6. The van der Waals surface area contributed by atoms with Gasteiger partial charge in [-0.15, -0.1) is 6.58 Å². The van der Waals surface area contributed by atoms with E-state index < -0.39 is 5.41 Å². The fourth-order valence-electron chi connectivity index (χ4n) is 5.77. The molecule has 248 valence electrons. The van der Waals surface area contributed by atoms with E-state index in [0.29, 0.717) is 12.8 Å². The summed E-state index contributed by atoms with van der Waals surface area (Å²) in [6, 6.07) is 7.75. The van der Waals surface area contributed by atoms with Crippen molar-refractivity contribution in [1.82, 2.24) is 10.2 Å². The number of aryl methyl sites for hydroxylation is 1. The molecule has 2 atom stereocenters. The first-order valence-corrected chi connectivity index (χ1v) is 15.6. The van der Waals surface area contributed by atoms with Gasteiger partial charge in [-0.25, -0.2) is 0 Å². The number of amides is 2. The summed E-state index contributed by atoms with van der Waals surface area (Å²) in [4.78, 5) is 27.9. The van der Waals surface area contributed by atoms with E-state index in [0.717, 1.165) is 40.6 Å². The van der Waals surface area contributed by atoms with Crippen LogP contribution in [-0.2, 0) is 20.7 Å². The summed E-state index contributed by atoms with van der Waals surface area (Å²) in [7, 11) is 3.82. The molecule has 1 heterocycles. The third-order valence-electron chi connectivity index (χ3n) is 8.92. The zero-order chi connectivity index (χ0) is 31.8. The molecule has 2 aliphatic carbocycles. The van der Waals surface area contributed by atoms with E-state index in [9.17, 15) is 9.59 Å². The lowest BCUT2D eigenvalue weighted by Gasteiger charge is -2.26. The highest BCUT2D eigenvalue weighted by molar-refractivity contribution is 6.00. The summed E-state index contributed by atoms with van der Waals surface area (Å²) in [6.45, 7) is 18.5. The average molecular weight is 610 g/mol. The molecule has 0 bridgehead atoms. The minimum Gasteiger partial charge on any atom is -0.500 e. The Balaban J connectivity index is 0. The van der Waals surface area contributed by atoms with E-state index in [-0.39, 0.29) is 34.4 Å². The number of nitrogens with zero attached hydrogens (tertiary/aromatic N) is 1. The number of carbonyl (C=O) groups excluding carboxylic acids is 2. The van der Waals surface area contributed by atoms with Gasteiger partial charge in [0, 0.05) is 32.9 Å². The number of hydrogen-bond acceptors (Lipinski definition) is 4. The number of methoxy groups -OCH3 is 1. The van der Waals surface area contributed by atoms with E-state index in [1.54, 1.807) is 7.11 Å². The average Bonchev–Trinajstić information content (AvgIpc) is 3.61. The Bertz CT molecular complexity index is 1290. The minimum absolute atomic E-state index is 0. The maximum absolute atomic E-state index is 13.0. The normalized spacial score (nSPS) is 23.6. The molecule has 0 aromatic heterocycles. The molecular weight excluding hydrogens is 546 g/mol. The number of hydrogen-bond donors (Lipinski definition) is 2. The fraction of sp³-hybridized carbons (Fsp3) is 0.526. The number of piperidine rings is 1. The zero-order valence-electron chi connectivity index (χ0n) is 27.7. The molecule has 2 fully saturated rings. The Morgan fingerprint density at radius 1 is 1.18 bits per heavy atom. The van der Waals surface area contributed by atoms with Crippen LogP contribution in [0.4, 0.5) is 5.69 Å². The Kier molecular flexibility index (Phi) is 13.0. The highest BCUT2D eigenvalue weighted by Gasteiger charge is 2.67. The Morgan fingerprint density at radius 2 is 1.82 bits per heavy atom. The van der Waals surface area contributed by atoms with E-state index in [1.165, 1.54) is 25.9 Å². The van der Waals surface area contributed by atoms with Crippen molar-refractivity contribution in [2.45, 2.75) is 81.1 Å². The number of carbonyl (C=O) groups is 2. The van der Waals surface area contributed by atoms with Crippen molar-refractivity contribution in [3.63, 3.8) is 0 Å². The molecule has 1 saturated carbocycles. The van der Waals surface area contributed by atoms with Gasteiger partial charge in [-0.1, -0.05) is 83.2 Å². The van der Waals surface area contributed by atoms with Gasteiger partial charge in [0.15, 0.2) is 0 Å². The largest absolute Gasteiger partial charge is 0.500 e. The third-order valence-corrected chi connectivity index (χ3v) is 8.92. The standard InChI is InChI=1S/C29H38N2O3.C8H15N.CH4.3H2/c1-8-22(17-24(34-7)27(3,4)5)30-25(32)14-11-21-9-12-23(13-10-21)31-26(33)29-18-20(2)15-16-28(29,6)19-29;1-3-8-4-6-9(2)7-5-8;;;;/h8-10,12-13,15-18H,11,14,19H2,1-7H3,(H,30,32)(H,31,33);3,8H,1,4-7H2,2H3;1H4;3*1H/b22-8+,24-17-;;;;;. The van der Waals surface area contributed by atoms with Gasteiger partial charge in [0.2, 0.25) is 11.8 Å². The number of ether oxygens (including phenoxy) is 1. The summed E-state index contributed by atoms with van der Waals surface area (Å²) in [6.07, 6.45) is 16.6. The lowest BCUT2D eigenvalue weighted by Crippen LogP contribution is -2.29. The van der Waals surface area contributed by atoms with E-state index >= 15 is 0 Å². The molecule has 6 nitrogen and oxygen atoms in total. The van der Waals surface area contributed by atoms with Gasteiger partial charge in [0.05, 0.1) is 12.5 Å². The maximum atomic E-state index is 13.0. The highest BCUT2D eigenvalue weighted by Crippen LogP contribution is 2.68. The SMILES string of the molecule is C.C/C=C(\C=C(/OC)C(C)(C)C)NC(=O)CCc1ccc(NC(=O)C23C=C(C)C=CC2(C)C3)cc1.C=CC1CCN(C)CC1.[HH].[HH].[HH]. The molecule has 44 heavy (non-hydrogen) atoms. The van der Waals surface area contributed by atoms with Crippen molar-refractivity contribution in [2.75, 3.05) is 32.6 Å². The molecule has 3 aliphatic rings. The molecule has 2 amide bonds. The van der Waals surface area contributed by atoms with Crippen LogP contribution in [0.25, 0.3) is 0 Å². The smallest absolute Gasteiger partial charge is 0.235 e. The molecule has 2 unspecified atom stereocenters. The molecule has 1 aliphatic heterocycles. The maximum Gasteiger partial charge on any atom is 0.235 e. The summed E-state index contributed by atoms with van der Waals surface area (Å²) in [5, 5.41) is 6.04. The van der Waals surface area contributed by atoms with E-state index in [4.69, 9.17) is 4.74 Å². The second-order valence-electron chi connectivity index (χ2n) is 13.6. The number of allylic oxidation sites excluding steroid dienone is 7. The van der Waals surface area contributed by atoms with Gasteiger partial charge in [0.1, 0.15) is 5.76 Å². The summed E-state index contributed by atoms with van der Waals surface area (Å²) in [5.41, 5.74) is 3.02. The van der Waals surface area contributed by atoms with E-state index in [2.05, 4.69) is 81.2 Å². The lowest BCUT2D eigenvalue weighted by atomic mass is 9.86. The number of anilines is 1. The van der Waals surface area contributed by atoms with Crippen LogP contribution in [-0.4, -0.2) is 44.0 Å². The van der Waals surface area contributed by atoms with Crippen LogP contribution in [0.1, 0.15) is 84.5 Å². The van der Waals surface area contributed by atoms with Gasteiger partial charge in [-0.05, 0) is 89.4 Å². The molecule has 0 spiro atoms. The van der Waals surface area contributed by atoms with Crippen molar-refractivity contribution in [3.05, 3.63) is 89.9 Å². The predicted molar refractivity (Wildman–Crippen MR) is 191 cm³/mol. The number of benzene rings is 1. The van der Waals surface area contributed by atoms with Crippen molar-refractivity contribution < 1.29 is 18.6 Å². The second kappa shape index (κ2) is 15.6. The summed E-state index contributed by atoms with van der Waals surface area (Å²) >= 11 is 0. The third kappa shape index (κ3) is 9.56. The lowest BCUT2D eigenvalue weighted by molar-refractivity contribution is -0.121. The Hall–Kier alpha value is -3.38. The van der Waals surface area contributed by atoms with E-state index in [1.807, 2.05) is 50.3 Å². The van der Waals surface area contributed by atoms with Crippen molar-refractivity contribution in [3.8, 4) is 0 Å². The van der Waals surface area contributed by atoms with Crippen LogP contribution < -0.4 is 10.6 Å². The van der Waals surface area contributed by atoms with Crippen molar-refractivity contribution in [1.29, 1.82) is 0 Å². The Morgan fingerprint density at radius 3 is 2.36 bits per heavy atom. The van der Waals surface area contributed by atoms with Crippen molar-refractivity contribution in [2.24, 2.45) is 22.2 Å². The van der Waals surface area contributed by atoms with Crippen LogP contribution in [0, 0.1) is 22.2 Å². The first-order valence-electron chi connectivity index (χ1n) is 15.6. The number of nitrogens with one attached hydrogen (secondary N) is 2. The number of rotatable bonds is 9. The topological polar surface area (TPSA) is 70.7 Å². The minimum atomic E-state index is -0.433. The quantitative estimate of drug-likeness (QED) is 0.167. The monoisotopic (exact) mass is 609 g/mol. The van der Waals surface area contributed by atoms with Crippen LogP contribution >= 0.6 is 0 Å². The number of fused-ring (bicyclic) bond motifs is 1. The van der Waals surface area contributed by atoms with Gasteiger partial charge in [-0.2, -0.15) is 0 Å². The zero-order valence-corrected chi connectivity index (χ0v) is 27.7. The predicted octanol–water partition coefficient (Wildman–Crippen LogP) is 8.95. The van der Waals surface area contributed by atoms with Gasteiger partial charge in [0.25, 0.3) is 0 Å².